The second-order valence-electron chi connectivity index (χ2n) is 7.51. The minimum Gasteiger partial charge on any atom is -0.467 e. The Morgan fingerprint density at radius 3 is 2.80 bits per heavy atom. The van der Waals surface area contributed by atoms with Crippen LogP contribution in [0.2, 0.25) is 0 Å². The molecule has 2 aromatic rings. The first-order valence-electron chi connectivity index (χ1n) is 10.1. The van der Waals surface area contributed by atoms with Crippen LogP contribution in [0, 0.1) is 5.92 Å². The third-order valence-electron chi connectivity index (χ3n) is 5.30. The van der Waals surface area contributed by atoms with E-state index in [0.717, 1.165) is 24.2 Å². The van der Waals surface area contributed by atoms with E-state index in [2.05, 4.69) is 0 Å². The van der Waals surface area contributed by atoms with E-state index in [1.165, 1.54) is 18.6 Å². The summed E-state index contributed by atoms with van der Waals surface area (Å²) in [6, 6.07) is 3.48. The number of hydrogen-bond acceptors (Lipinski definition) is 5. The first kappa shape index (κ1) is 22.4. The Labute approximate surface area is 172 Å². The fourth-order valence-electron chi connectivity index (χ4n) is 3.67. The molecular formula is C21H26F3NO5. The van der Waals surface area contributed by atoms with Crippen LogP contribution in [0.25, 0.3) is 0 Å². The summed E-state index contributed by atoms with van der Waals surface area (Å²) in [6.45, 7) is 1.72. The summed E-state index contributed by atoms with van der Waals surface area (Å²) in [5.41, 5.74) is 0.444. The number of furan rings is 2. The van der Waals surface area contributed by atoms with Gasteiger partial charge in [-0.15, -0.1) is 0 Å². The largest absolute Gasteiger partial charge is 0.467 e. The maximum Gasteiger partial charge on any atom is 0.394 e. The second kappa shape index (κ2) is 9.70. The van der Waals surface area contributed by atoms with Gasteiger partial charge in [-0.05, 0) is 18.6 Å². The van der Waals surface area contributed by atoms with Crippen molar-refractivity contribution in [3.8, 4) is 0 Å². The molecule has 0 bridgehead atoms. The molecule has 1 fully saturated rings. The third kappa shape index (κ3) is 5.26. The Morgan fingerprint density at radius 1 is 1.33 bits per heavy atom. The minimum absolute atomic E-state index is 0.00431. The number of anilines is 1. The van der Waals surface area contributed by atoms with Crippen molar-refractivity contribution >= 4 is 11.8 Å². The van der Waals surface area contributed by atoms with Crippen molar-refractivity contribution in [2.24, 2.45) is 5.92 Å². The molecule has 3 atom stereocenters. The molecule has 1 saturated heterocycles. The third-order valence-corrected chi connectivity index (χ3v) is 5.30. The molecule has 6 nitrogen and oxygen atoms in total. The lowest BCUT2D eigenvalue weighted by Gasteiger charge is -2.27. The van der Waals surface area contributed by atoms with Crippen LogP contribution in [0.5, 0.6) is 0 Å². The van der Waals surface area contributed by atoms with Crippen molar-refractivity contribution in [2.45, 2.75) is 64.0 Å². The monoisotopic (exact) mass is 429 g/mol. The molecule has 1 aliphatic heterocycles. The topological polar surface area (TPSA) is 76.1 Å². The van der Waals surface area contributed by atoms with Crippen LogP contribution in [-0.4, -0.2) is 29.8 Å². The Bertz CT molecular complexity index is 802. The number of unbranched alkanes of at least 4 members (excludes halogenated alkanes) is 2. The number of aliphatic hydroxyl groups excluding tert-OH is 1. The van der Waals surface area contributed by atoms with Gasteiger partial charge >= 0.3 is 6.18 Å². The normalized spacial score (nSPS) is 20.8. The van der Waals surface area contributed by atoms with Gasteiger partial charge in [-0.2, -0.15) is 13.2 Å². The molecule has 1 N–H and O–H groups in total. The number of carbonyl (C=O) groups excluding carboxylic acids is 1. The van der Waals surface area contributed by atoms with E-state index in [1.807, 2.05) is 6.92 Å². The summed E-state index contributed by atoms with van der Waals surface area (Å²) >= 11 is 0. The molecule has 1 amide bonds. The number of aliphatic hydroxyl groups is 1. The molecule has 9 heteroatoms. The lowest BCUT2D eigenvalue weighted by Crippen LogP contribution is -2.42. The summed E-state index contributed by atoms with van der Waals surface area (Å²) in [7, 11) is 0. The van der Waals surface area contributed by atoms with Crippen LogP contribution in [-0.2, 0) is 16.1 Å². The van der Waals surface area contributed by atoms with E-state index in [1.54, 1.807) is 12.1 Å². The zero-order valence-corrected chi connectivity index (χ0v) is 16.7. The fraction of sp³-hybridized carbons (Fsp3) is 0.571. The maximum atomic E-state index is 13.6. The number of rotatable bonds is 10. The summed E-state index contributed by atoms with van der Waals surface area (Å²) in [5.74, 6) is -2.09. The van der Waals surface area contributed by atoms with Crippen LogP contribution < -0.4 is 4.90 Å². The van der Waals surface area contributed by atoms with Gasteiger partial charge in [0, 0.05) is 18.1 Å². The van der Waals surface area contributed by atoms with E-state index >= 15 is 0 Å². The molecule has 0 radical (unpaired) electrons. The molecule has 0 spiro atoms. The van der Waals surface area contributed by atoms with Crippen LogP contribution in [0.4, 0.5) is 19.1 Å². The zero-order chi connectivity index (χ0) is 21.7. The van der Waals surface area contributed by atoms with Crippen molar-refractivity contribution in [1.29, 1.82) is 0 Å². The summed E-state index contributed by atoms with van der Waals surface area (Å²) < 4.78 is 56.6. The lowest BCUT2D eigenvalue weighted by molar-refractivity contribution is -0.179. The number of halogens is 3. The highest BCUT2D eigenvalue weighted by atomic mass is 19.4. The van der Waals surface area contributed by atoms with E-state index in [4.69, 9.17) is 13.6 Å². The van der Waals surface area contributed by atoms with Gasteiger partial charge in [-0.1, -0.05) is 26.2 Å². The highest BCUT2D eigenvalue weighted by molar-refractivity contribution is 5.95. The van der Waals surface area contributed by atoms with E-state index in [-0.39, 0.29) is 19.1 Å². The molecule has 0 saturated carbocycles. The highest BCUT2D eigenvalue weighted by Crippen LogP contribution is 2.42. The smallest absolute Gasteiger partial charge is 0.394 e. The number of hydrogen-bond donors (Lipinski definition) is 1. The molecule has 3 unspecified atom stereocenters. The lowest BCUT2D eigenvalue weighted by atomic mass is 10.0. The number of nitrogens with zero attached hydrogens (tertiary/aromatic N) is 1. The van der Waals surface area contributed by atoms with Gasteiger partial charge in [0.2, 0.25) is 11.8 Å². The standard InChI is InChI=1S/C21H26F3NO5/c1-2-3-4-7-18(26)14-9-20(30-11-14)25-17(13-28-12-15-6-5-8-29-15)16(10-19(25)27)21(22,23)24/h5-6,8-9,11,16-18,26H,2-4,7,10,12-13H2,1H3. The fourth-order valence-corrected chi connectivity index (χ4v) is 3.67. The maximum absolute atomic E-state index is 13.6. The zero-order valence-electron chi connectivity index (χ0n) is 16.7. The number of amides is 1. The molecule has 1 aliphatic rings. The van der Waals surface area contributed by atoms with Crippen LogP contribution in [0.3, 0.4) is 0 Å². The summed E-state index contributed by atoms with van der Waals surface area (Å²) in [4.78, 5) is 13.5. The van der Waals surface area contributed by atoms with Crippen LogP contribution in [0.15, 0.2) is 39.6 Å². The van der Waals surface area contributed by atoms with Gasteiger partial charge in [0.05, 0.1) is 37.2 Å². The Hall–Kier alpha value is -2.26. The van der Waals surface area contributed by atoms with Gasteiger partial charge in [0.1, 0.15) is 12.4 Å². The molecule has 2 aromatic heterocycles. The SMILES string of the molecule is CCCCCC(O)c1coc(N2C(=O)CC(C(F)(F)F)C2COCc2ccco2)c1. The molecule has 30 heavy (non-hydrogen) atoms. The molecule has 0 aromatic carbocycles. The Morgan fingerprint density at radius 2 is 2.13 bits per heavy atom. The van der Waals surface area contributed by atoms with Crippen molar-refractivity contribution in [2.75, 3.05) is 11.5 Å². The van der Waals surface area contributed by atoms with Crippen LogP contribution in [0.1, 0.15) is 56.5 Å². The Balaban J connectivity index is 1.74. The molecule has 166 valence electrons. The molecule has 0 aliphatic carbocycles. The van der Waals surface area contributed by atoms with Gasteiger partial charge in [-0.25, -0.2) is 0 Å². The molecular weight excluding hydrogens is 403 g/mol. The number of ether oxygens (including phenoxy) is 1. The second-order valence-corrected chi connectivity index (χ2v) is 7.51. The van der Waals surface area contributed by atoms with E-state index in [0.29, 0.717) is 17.7 Å². The van der Waals surface area contributed by atoms with E-state index < -0.39 is 36.6 Å². The molecule has 3 heterocycles. The van der Waals surface area contributed by atoms with Crippen molar-refractivity contribution in [3.63, 3.8) is 0 Å². The predicted octanol–water partition coefficient (Wildman–Crippen LogP) is 4.99. The first-order chi connectivity index (χ1) is 14.3. The predicted molar refractivity (Wildman–Crippen MR) is 102 cm³/mol. The summed E-state index contributed by atoms with van der Waals surface area (Å²) in [5, 5.41) is 10.3. The minimum atomic E-state index is -4.56. The van der Waals surface area contributed by atoms with Gasteiger partial charge in [-0.3, -0.25) is 9.69 Å². The molecule has 3 rings (SSSR count). The van der Waals surface area contributed by atoms with Gasteiger partial charge in [0.15, 0.2) is 0 Å². The van der Waals surface area contributed by atoms with Crippen molar-refractivity contribution < 1.29 is 36.6 Å². The van der Waals surface area contributed by atoms with Gasteiger partial charge < -0.3 is 18.7 Å². The van der Waals surface area contributed by atoms with Crippen molar-refractivity contribution in [3.05, 3.63) is 42.0 Å². The summed E-state index contributed by atoms with van der Waals surface area (Å²) in [6.07, 6.45) is 0.0188. The first-order valence-corrected chi connectivity index (χ1v) is 10.1. The average molecular weight is 429 g/mol. The van der Waals surface area contributed by atoms with Crippen LogP contribution >= 0.6 is 0 Å². The Kier molecular flexibility index (Phi) is 7.25. The van der Waals surface area contributed by atoms with Crippen molar-refractivity contribution in [1.82, 2.24) is 0 Å². The highest BCUT2D eigenvalue weighted by Gasteiger charge is 2.54. The quantitative estimate of drug-likeness (QED) is 0.539. The number of alkyl halides is 3. The average Bonchev–Trinajstić information content (AvgIpc) is 3.41. The van der Waals surface area contributed by atoms with Gasteiger partial charge in [0.25, 0.3) is 0 Å². The number of carbonyl (C=O) groups is 1. The van der Waals surface area contributed by atoms with E-state index in [9.17, 15) is 23.1 Å².